The van der Waals surface area contributed by atoms with Crippen LogP contribution in [0.4, 0.5) is 0 Å². The summed E-state index contributed by atoms with van der Waals surface area (Å²) in [6, 6.07) is 12.2. The summed E-state index contributed by atoms with van der Waals surface area (Å²) in [5.74, 6) is 0.202. The number of amides is 2. The maximum absolute atomic E-state index is 13.3. The molecule has 4 rings (SSSR count). The van der Waals surface area contributed by atoms with E-state index in [0.717, 1.165) is 5.56 Å². The minimum Gasteiger partial charge on any atom is -0.459 e. The van der Waals surface area contributed by atoms with Crippen molar-refractivity contribution in [2.24, 2.45) is 0 Å². The molecule has 9 heteroatoms. The van der Waals surface area contributed by atoms with E-state index in [4.69, 9.17) is 4.42 Å². The quantitative estimate of drug-likeness (QED) is 0.748. The molecule has 31 heavy (non-hydrogen) atoms. The summed E-state index contributed by atoms with van der Waals surface area (Å²) in [5, 5.41) is 3.14. The normalized spacial score (nSPS) is 20.8. The molecule has 2 aliphatic rings. The number of carbonyl (C=O) groups excluding carboxylic acids is 2. The van der Waals surface area contributed by atoms with E-state index in [1.807, 2.05) is 35.2 Å². The maximum atomic E-state index is 13.3. The predicted molar refractivity (Wildman–Crippen MR) is 115 cm³/mol. The lowest BCUT2D eigenvalue weighted by Crippen LogP contribution is -2.51. The second-order valence-corrected chi connectivity index (χ2v) is 10.4. The van der Waals surface area contributed by atoms with Crippen molar-refractivity contribution >= 4 is 21.7 Å². The van der Waals surface area contributed by atoms with Gasteiger partial charge in [0.15, 0.2) is 15.6 Å². The largest absolute Gasteiger partial charge is 0.459 e. The van der Waals surface area contributed by atoms with Crippen molar-refractivity contribution in [1.82, 2.24) is 15.1 Å². The minimum absolute atomic E-state index is 0.0344. The van der Waals surface area contributed by atoms with Crippen LogP contribution < -0.4 is 5.32 Å². The number of sulfone groups is 1. The molecule has 2 aromatic rings. The van der Waals surface area contributed by atoms with E-state index in [9.17, 15) is 18.0 Å². The molecule has 0 saturated carbocycles. The third-order valence-corrected chi connectivity index (χ3v) is 7.58. The molecule has 1 aromatic carbocycles. The number of nitrogens with zero attached hydrogens (tertiary/aromatic N) is 2. The van der Waals surface area contributed by atoms with Crippen LogP contribution in [-0.4, -0.2) is 73.8 Å². The van der Waals surface area contributed by atoms with Crippen molar-refractivity contribution < 1.29 is 22.4 Å². The zero-order valence-corrected chi connectivity index (χ0v) is 18.1. The summed E-state index contributed by atoms with van der Waals surface area (Å²) in [6.45, 7) is 1.77. The highest BCUT2D eigenvalue weighted by atomic mass is 32.2. The van der Waals surface area contributed by atoms with E-state index >= 15 is 0 Å². The van der Waals surface area contributed by atoms with Gasteiger partial charge >= 0.3 is 0 Å². The first kappa shape index (κ1) is 21.6. The van der Waals surface area contributed by atoms with Gasteiger partial charge in [-0.2, -0.15) is 0 Å². The van der Waals surface area contributed by atoms with Gasteiger partial charge in [0.1, 0.15) is 6.04 Å². The Morgan fingerprint density at radius 2 is 1.65 bits per heavy atom. The molecule has 1 N–H and O–H groups in total. The van der Waals surface area contributed by atoms with Gasteiger partial charge in [-0.05, 0) is 30.5 Å². The Hall–Kier alpha value is -2.65. The zero-order chi connectivity index (χ0) is 21.8. The average Bonchev–Trinajstić information content (AvgIpc) is 3.31. The number of furan rings is 1. The number of hydrogen-bond acceptors (Lipinski definition) is 6. The van der Waals surface area contributed by atoms with Crippen LogP contribution in [0.5, 0.6) is 0 Å². The number of piperidine rings is 1. The molecule has 1 aromatic heterocycles. The second kappa shape index (κ2) is 9.23. The molecule has 0 spiro atoms. The summed E-state index contributed by atoms with van der Waals surface area (Å²) in [7, 11) is -3.04. The Balaban J connectivity index is 1.39. The molecule has 166 valence electrons. The van der Waals surface area contributed by atoms with Gasteiger partial charge in [-0.25, -0.2) is 8.42 Å². The fourth-order valence-corrected chi connectivity index (χ4v) is 5.44. The van der Waals surface area contributed by atoms with E-state index in [2.05, 4.69) is 5.32 Å². The van der Waals surface area contributed by atoms with Gasteiger partial charge in [0, 0.05) is 32.2 Å². The number of nitrogens with one attached hydrogen (secondary N) is 1. The van der Waals surface area contributed by atoms with E-state index < -0.39 is 15.9 Å². The summed E-state index contributed by atoms with van der Waals surface area (Å²) in [6.07, 6.45) is 2.80. The van der Waals surface area contributed by atoms with Crippen LogP contribution in [0, 0.1) is 0 Å². The van der Waals surface area contributed by atoms with Crippen LogP contribution in [0.3, 0.4) is 0 Å². The van der Waals surface area contributed by atoms with E-state index in [-0.39, 0.29) is 29.4 Å². The SMILES string of the molecule is O=C(NC1CCN(C(=O)c2ccco2)CC1)C(c1ccccc1)N1CCS(=O)(=O)CC1. The highest BCUT2D eigenvalue weighted by Gasteiger charge is 2.34. The Morgan fingerprint density at radius 1 is 0.968 bits per heavy atom. The minimum atomic E-state index is -3.04. The first-order valence-corrected chi connectivity index (χ1v) is 12.4. The van der Waals surface area contributed by atoms with Crippen LogP contribution in [-0.2, 0) is 14.6 Å². The third kappa shape index (κ3) is 5.16. The van der Waals surface area contributed by atoms with Gasteiger partial charge in [0.25, 0.3) is 5.91 Å². The van der Waals surface area contributed by atoms with Crippen molar-refractivity contribution in [2.75, 3.05) is 37.7 Å². The van der Waals surface area contributed by atoms with Crippen molar-refractivity contribution in [1.29, 1.82) is 0 Å². The monoisotopic (exact) mass is 445 g/mol. The predicted octanol–water partition coefficient (Wildman–Crippen LogP) is 1.47. The molecule has 2 fully saturated rings. The molecule has 8 nitrogen and oxygen atoms in total. The number of carbonyl (C=O) groups is 2. The third-order valence-electron chi connectivity index (χ3n) is 5.97. The molecule has 0 aliphatic carbocycles. The van der Waals surface area contributed by atoms with Gasteiger partial charge in [-0.15, -0.1) is 0 Å². The Bertz CT molecular complexity index is 985. The second-order valence-electron chi connectivity index (χ2n) is 8.05. The lowest BCUT2D eigenvalue weighted by Gasteiger charge is -2.36. The fraction of sp³-hybridized carbons (Fsp3) is 0.455. The molecule has 3 heterocycles. The number of hydrogen-bond donors (Lipinski definition) is 1. The Kier molecular flexibility index (Phi) is 6.43. The lowest BCUT2D eigenvalue weighted by atomic mass is 10.0. The number of likely N-dealkylation sites (tertiary alicyclic amines) is 1. The molecule has 0 radical (unpaired) electrons. The number of rotatable bonds is 5. The van der Waals surface area contributed by atoms with Crippen molar-refractivity contribution in [3.63, 3.8) is 0 Å². The summed E-state index contributed by atoms with van der Waals surface area (Å²) < 4.78 is 28.9. The molecular formula is C22H27N3O5S. The highest BCUT2D eigenvalue weighted by Crippen LogP contribution is 2.24. The van der Waals surface area contributed by atoms with Crippen molar-refractivity contribution in [3.8, 4) is 0 Å². The van der Waals surface area contributed by atoms with Crippen molar-refractivity contribution in [2.45, 2.75) is 24.9 Å². The van der Waals surface area contributed by atoms with Gasteiger partial charge in [-0.1, -0.05) is 30.3 Å². The Morgan fingerprint density at radius 3 is 2.26 bits per heavy atom. The van der Waals surface area contributed by atoms with Gasteiger partial charge in [0.05, 0.1) is 17.8 Å². The summed E-state index contributed by atoms with van der Waals surface area (Å²) in [5.41, 5.74) is 0.852. The molecule has 1 atom stereocenters. The first-order valence-electron chi connectivity index (χ1n) is 10.6. The molecule has 0 bridgehead atoms. The molecule has 2 saturated heterocycles. The maximum Gasteiger partial charge on any atom is 0.289 e. The van der Waals surface area contributed by atoms with E-state index in [1.165, 1.54) is 6.26 Å². The van der Waals surface area contributed by atoms with Gasteiger partial charge in [-0.3, -0.25) is 14.5 Å². The smallest absolute Gasteiger partial charge is 0.289 e. The van der Waals surface area contributed by atoms with E-state index in [0.29, 0.717) is 44.8 Å². The number of benzene rings is 1. The highest BCUT2D eigenvalue weighted by molar-refractivity contribution is 7.91. The lowest BCUT2D eigenvalue weighted by molar-refractivity contribution is -0.127. The zero-order valence-electron chi connectivity index (χ0n) is 17.3. The van der Waals surface area contributed by atoms with Crippen LogP contribution in [0.1, 0.15) is 35.0 Å². The van der Waals surface area contributed by atoms with Crippen LogP contribution in [0.25, 0.3) is 0 Å². The molecule has 1 unspecified atom stereocenters. The van der Waals surface area contributed by atoms with Crippen LogP contribution in [0.2, 0.25) is 0 Å². The summed E-state index contributed by atoms with van der Waals surface area (Å²) in [4.78, 5) is 29.4. The average molecular weight is 446 g/mol. The van der Waals surface area contributed by atoms with Crippen molar-refractivity contribution in [3.05, 3.63) is 60.1 Å². The van der Waals surface area contributed by atoms with Gasteiger partial charge in [0.2, 0.25) is 5.91 Å². The molecular weight excluding hydrogens is 418 g/mol. The van der Waals surface area contributed by atoms with E-state index in [1.54, 1.807) is 17.0 Å². The van der Waals surface area contributed by atoms with Crippen LogP contribution in [0.15, 0.2) is 53.1 Å². The molecule has 2 aliphatic heterocycles. The molecule has 2 amide bonds. The first-order chi connectivity index (χ1) is 14.9. The topological polar surface area (TPSA) is 99.9 Å². The van der Waals surface area contributed by atoms with Crippen LogP contribution >= 0.6 is 0 Å². The standard InChI is InChI=1S/C22H27N3O5S/c26-21(23-18-8-10-25(11-9-18)22(27)19-7-4-14-30-19)20(17-5-2-1-3-6-17)24-12-15-31(28,29)16-13-24/h1-7,14,18,20H,8-13,15-16H2,(H,23,26). The Labute approximate surface area is 182 Å². The summed E-state index contributed by atoms with van der Waals surface area (Å²) >= 11 is 0. The fourth-order valence-electron chi connectivity index (χ4n) is 4.21. The van der Waals surface area contributed by atoms with Gasteiger partial charge < -0.3 is 14.6 Å².